The van der Waals surface area contributed by atoms with Crippen LogP contribution in [0.4, 0.5) is 28.8 Å². The molecule has 20 nitrogen and oxygen atoms in total. The fourth-order valence-corrected chi connectivity index (χ4v) is 9.61. The number of amides is 12. The lowest BCUT2D eigenvalue weighted by molar-refractivity contribution is -0.163. The minimum absolute atomic E-state index is 0.0306. The van der Waals surface area contributed by atoms with Gasteiger partial charge in [-0.25, -0.2) is 28.8 Å². The van der Waals surface area contributed by atoms with Gasteiger partial charge in [-0.05, 0) is 27.7 Å². The van der Waals surface area contributed by atoms with Crippen LogP contribution < -0.4 is 0 Å². The molecule has 10 rings (SSSR count). The topological polar surface area (TPSA) is 160 Å². The molecule has 44 heavy (non-hydrogen) atoms. The van der Waals surface area contributed by atoms with Crippen LogP contribution in [0.3, 0.4) is 0 Å². The third-order valence-electron chi connectivity index (χ3n) is 12.4. The van der Waals surface area contributed by atoms with Gasteiger partial charge in [0.1, 0.15) is 53.6 Å². The molecule has 10 aliphatic heterocycles. The first-order valence-corrected chi connectivity index (χ1v) is 14.5. The first kappa shape index (κ1) is 24.9. The van der Waals surface area contributed by atoms with Gasteiger partial charge in [0, 0.05) is 0 Å². The van der Waals surface area contributed by atoms with Gasteiger partial charge in [0.15, 0.2) is 35.0 Å². The Morgan fingerprint density at radius 3 is 0.886 bits per heavy atom. The molecule has 0 spiro atoms. The highest BCUT2D eigenvalue weighted by Crippen LogP contribution is 2.57. The molecule has 0 saturated carbocycles. The van der Waals surface area contributed by atoms with Gasteiger partial charge < -0.3 is 9.47 Å². The molecule has 0 aromatic rings. The second-order valence-corrected chi connectivity index (χ2v) is 13.4. The van der Waals surface area contributed by atoms with Gasteiger partial charge in [-0.2, -0.15) is 0 Å². The van der Waals surface area contributed by atoms with Gasteiger partial charge in [0.05, 0.1) is 0 Å². The van der Waals surface area contributed by atoms with Crippen molar-refractivity contribution in [3.8, 4) is 0 Å². The summed E-state index contributed by atoms with van der Waals surface area (Å²) in [4.78, 5) is 102. The average molecular weight is 615 g/mol. The molecule has 0 unspecified atom stereocenters. The summed E-state index contributed by atoms with van der Waals surface area (Å²) in [7, 11) is 0. The van der Waals surface area contributed by atoms with Crippen molar-refractivity contribution in [3.05, 3.63) is 0 Å². The summed E-state index contributed by atoms with van der Waals surface area (Å²) >= 11 is 0. The Morgan fingerprint density at radius 1 is 0.409 bits per heavy atom. The quantitative estimate of drug-likeness (QED) is 0.325. The first-order valence-electron chi connectivity index (χ1n) is 14.5. The molecular formula is C24H30N12O8. The van der Waals surface area contributed by atoms with E-state index in [1.807, 2.05) is 0 Å². The van der Waals surface area contributed by atoms with Gasteiger partial charge in [0.25, 0.3) is 0 Å². The van der Waals surface area contributed by atoms with Crippen molar-refractivity contribution in [1.82, 2.24) is 58.8 Å². The van der Waals surface area contributed by atoms with Crippen LogP contribution in [0.5, 0.6) is 0 Å². The van der Waals surface area contributed by atoms with Crippen LogP contribution in [0.1, 0.15) is 27.7 Å². The Hall–Kier alpha value is -4.46. The molecule has 0 radical (unpaired) electrons. The highest BCUT2D eigenvalue weighted by atomic mass is 16.5. The van der Waals surface area contributed by atoms with E-state index in [2.05, 4.69) is 0 Å². The van der Waals surface area contributed by atoms with E-state index in [-0.39, 0.29) is 53.6 Å². The number of carbonyl (C=O) groups is 6. The van der Waals surface area contributed by atoms with E-state index in [0.717, 1.165) is 0 Å². The van der Waals surface area contributed by atoms with Crippen molar-refractivity contribution >= 4 is 36.2 Å². The largest absolute Gasteiger partial charge is 0.340 e. The van der Waals surface area contributed by atoms with Crippen LogP contribution in [-0.4, -0.2) is 184 Å². The van der Waals surface area contributed by atoms with E-state index in [1.165, 1.54) is 58.8 Å². The van der Waals surface area contributed by atoms with Gasteiger partial charge >= 0.3 is 36.2 Å². The van der Waals surface area contributed by atoms with Crippen LogP contribution in [-0.2, 0) is 9.47 Å². The second-order valence-electron chi connectivity index (χ2n) is 13.4. The van der Waals surface area contributed by atoms with E-state index in [0.29, 0.717) is 0 Å². The fraction of sp³-hybridized carbons (Fsp3) is 0.750. The summed E-state index contributed by atoms with van der Waals surface area (Å²) in [6, 6.07) is -2.57. The van der Waals surface area contributed by atoms with Crippen LogP contribution in [0.25, 0.3) is 0 Å². The summed E-state index contributed by atoms with van der Waals surface area (Å²) in [6.45, 7) is 6.15. The molecule has 0 aliphatic carbocycles. The molecule has 0 aromatic heterocycles. The summed E-state index contributed by atoms with van der Waals surface area (Å²) in [6.07, 6.45) is -1.80. The molecule has 0 bridgehead atoms. The lowest BCUT2D eigenvalue weighted by Gasteiger charge is -2.50. The Morgan fingerprint density at radius 2 is 0.636 bits per heavy atom. The molecule has 20 heteroatoms. The predicted molar refractivity (Wildman–Crippen MR) is 137 cm³/mol. The average Bonchev–Trinajstić information content (AvgIpc) is 3.60. The number of hydrogen-bond acceptors (Lipinski definition) is 8. The van der Waals surface area contributed by atoms with E-state index in [4.69, 9.17) is 9.47 Å². The van der Waals surface area contributed by atoms with Gasteiger partial charge in [-0.15, -0.1) is 0 Å². The van der Waals surface area contributed by atoms with Crippen molar-refractivity contribution in [3.63, 3.8) is 0 Å². The Bertz CT molecular complexity index is 1360. The van der Waals surface area contributed by atoms with Crippen molar-refractivity contribution in [2.75, 3.05) is 53.6 Å². The van der Waals surface area contributed by atoms with Crippen molar-refractivity contribution < 1.29 is 38.2 Å². The number of ether oxygens (including phenoxy) is 2. The highest BCUT2D eigenvalue weighted by Gasteiger charge is 2.80. The van der Waals surface area contributed by atoms with Gasteiger partial charge in [-0.1, -0.05) is 0 Å². The predicted octanol–water partition coefficient (Wildman–Crippen LogP) is -1.32. The summed E-state index contributed by atoms with van der Waals surface area (Å²) in [5.41, 5.74) is -4.75. The molecule has 12 amide bonds. The third-order valence-corrected chi connectivity index (χ3v) is 12.4. The maximum atomic E-state index is 14.4. The van der Waals surface area contributed by atoms with Gasteiger partial charge in [0.2, 0.25) is 0 Å². The maximum absolute atomic E-state index is 14.4. The normalized spacial score (nSPS) is 43.1. The minimum atomic E-state index is -1.25. The molecule has 0 aromatic carbocycles. The Balaban J connectivity index is 1.13. The standard InChI is InChI=1S/C24H30N12O8/c1-21-23(3)33-9-43-10-34(23)18(40)30(21)6-26-13-14-27(15(37)25(13)5-29(21)17(33)39)7-31-19(41)35-11-44-12-36-20(42)32(8-28(14)16(26)38)22(31,2)24(35,36)4/h13-14H,5-12H2,1-4H3. The second kappa shape index (κ2) is 6.77. The number of hydrogen-bond donors (Lipinski definition) is 0. The number of nitrogens with zero attached hydrogens (tertiary/aromatic N) is 12. The lowest BCUT2D eigenvalue weighted by atomic mass is 9.95. The summed E-state index contributed by atoms with van der Waals surface area (Å²) < 4.78 is 11.2. The van der Waals surface area contributed by atoms with Crippen LogP contribution in [0.2, 0.25) is 0 Å². The molecule has 0 atom stereocenters. The first-order chi connectivity index (χ1) is 20.8. The van der Waals surface area contributed by atoms with Crippen LogP contribution in [0.15, 0.2) is 0 Å². The molecule has 234 valence electrons. The number of rotatable bonds is 0. The molecule has 10 aliphatic rings. The van der Waals surface area contributed by atoms with Crippen LogP contribution >= 0.6 is 0 Å². The van der Waals surface area contributed by atoms with E-state index >= 15 is 0 Å². The summed E-state index contributed by atoms with van der Waals surface area (Å²) in [5.74, 6) is 0. The molecule has 0 N–H and O–H groups in total. The van der Waals surface area contributed by atoms with Gasteiger partial charge in [-0.3, -0.25) is 58.8 Å². The number of carbonyl (C=O) groups excluding carboxylic acids is 6. The number of urea groups is 6. The van der Waals surface area contributed by atoms with E-state index < -0.39 is 71.2 Å². The third kappa shape index (κ3) is 2.02. The van der Waals surface area contributed by atoms with E-state index in [9.17, 15) is 28.8 Å². The Labute approximate surface area is 249 Å². The van der Waals surface area contributed by atoms with Crippen molar-refractivity contribution in [1.29, 1.82) is 0 Å². The molecule has 10 saturated heterocycles. The smallest absolute Gasteiger partial charge is 0.327 e. The fourth-order valence-electron chi connectivity index (χ4n) is 9.61. The zero-order valence-electron chi connectivity index (χ0n) is 24.4. The lowest BCUT2D eigenvalue weighted by Crippen LogP contribution is -2.71. The summed E-state index contributed by atoms with van der Waals surface area (Å²) in [5, 5.41) is 0. The van der Waals surface area contributed by atoms with Crippen LogP contribution in [0, 0.1) is 0 Å². The zero-order valence-corrected chi connectivity index (χ0v) is 24.4. The maximum Gasteiger partial charge on any atom is 0.327 e. The van der Waals surface area contributed by atoms with Crippen molar-refractivity contribution in [2.45, 2.75) is 62.7 Å². The zero-order chi connectivity index (χ0) is 30.6. The SMILES string of the molecule is CC12N3COCN1C(=O)N1CN4C(=O)N5CN6C(=O)N7COCN8C(=O)N(CN9C(=O)N(CN(C3=O)C12C)C4C95)C6(C)C87C. The minimum Gasteiger partial charge on any atom is -0.340 e. The Kier molecular flexibility index (Phi) is 3.84. The van der Waals surface area contributed by atoms with E-state index in [1.54, 1.807) is 27.7 Å². The highest BCUT2D eigenvalue weighted by molar-refractivity contribution is 5.93. The molecular weight excluding hydrogens is 584 g/mol. The monoisotopic (exact) mass is 614 g/mol. The molecule has 10 heterocycles. The van der Waals surface area contributed by atoms with Crippen molar-refractivity contribution in [2.24, 2.45) is 0 Å². The molecule has 10 fully saturated rings.